The summed E-state index contributed by atoms with van der Waals surface area (Å²) in [5.74, 6) is 1.46. The van der Waals surface area contributed by atoms with Crippen molar-refractivity contribution < 1.29 is 0 Å². The Morgan fingerprint density at radius 2 is 1.89 bits per heavy atom. The van der Waals surface area contributed by atoms with Crippen LogP contribution in [0.15, 0.2) is 36.5 Å². The fourth-order valence-corrected chi connectivity index (χ4v) is 2.41. The summed E-state index contributed by atoms with van der Waals surface area (Å²) in [5, 5.41) is 3.41. The quantitative estimate of drug-likeness (QED) is 0.895. The largest absolute Gasteiger partial charge is 0.334 e. The van der Waals surface area contributed by atoms with Crippen LogP contribution in [0.2, 0.25) is 0 Å². The summed E-state index contributed by atoms with van der Waals surface area (Å²) in [6.07, 6.45) is 1.97. The maximum absolute atomic E-state index is 4.38. The summed E-state index contributed by atoms with van der Waals surface area (Å²) in [6, 6.07) is 10.9. The van der Waals surface area contributed by atoms with E-state index in [1.807, 2.05) is 20.2 Å². The van der Waals surface area contributed by atoms with E-state index in [2.05, 4.69) is 59.2 Å². The number of aryl methyl sites for hydroxylation is 1. The second-order valence-corrected chi connectivity index (χ2v) is 4.75. The van der Waals surface area contributed by atoms with Gasteiger partial charge in [0.1, 0.15) is 5.82 Å². The molecule has 2 rings (SSSR count). The van der Waals surface area contributed by atoms with Gasteiger partial charge in [-0.05, 0) is 19.5 Å². The number of imidazole rings is 1. The molecular formula is C15H21N3. The summed E-state index contributed by atoms with van der Waals surface area (Å²) in [7, 11) is 4.08. The van der Waals surface area contributed by atoms with E-state index in [9.17, 15) is 0 Å². The highest BCUT2D eigenvalue weighted by Crippen LogP contribution is 2.30. The van der Waals surface area contributed by atoms with Gasteiger partial charge in [0, 0.05) is 13.0 Å². The van der Waals surface area contributed by atoms with E-state index in [0.717, 1.165) is 5.82 Å². The van der Waals surface area contributed by atoms with E-state index in [4.69, 9.17) is 0 Å². The van der Waals surface area contributed by atoms with E-state index < -0.39 is 0 Å². The molecule has 0 aliphatic rings. The molecule has 2 atom stereocenters. The predicted molar refractivity (Wildman–Crippen MR) is 74.6 cm³/mol. The topological polar surface area (TPSA) is 29.9 Å². The van der Waals surface area contributed by atoms with Crippen molar-refractivity contribution >= 4 is 0 Å². The van der Waals surface area contributed by atoms with E-state index >= 15 is 0 Å². The number of nitrogens with one attached hydrogen (secondary N) is 1. The van der Waals surface area contributed by atoms with Crippen molar-refractivity contribution in [1.29, 1.82) is 0 Å². The standard InChI is InChI=1S/C15H21N3/c1-11(13-8-6-5-7-9-13)15(16-3)14-10-17-12(2)18(14)4/h5-11,15-16H,1-4H3. The Morgan fingerprint density at radius 1 is 1.22 bits per heavy atom. The summed E-state index contributed by atoms with van der Waals surface area (Å²) >= 11 is 0. The van der Waals surface area contributed by atoms with E-state index in [1.54, 1.807) is 0 Å². The predicted octanol–water partition coefficient (Wildman–Crippen LogP) is 2.79. The first-order valence-electron chi connectivity index (χ1n) is 6.35. The van der Waals surface area contributed by atoms with Crippen LogP contribution < -0.4 is 5.32 Å². The second-order valence-electron chi connectivity index (χ2n) is 4.75. The Hall–Kier alpha value is -1.61. The molecule has 96 valence electrons. The van der Waals surface area contributed by atoms with Crippen LogP contribution >= 0.6 is 0 Å². The molecule has 0 saturated carbocycles. The van der Waals surface area contributed by atoms with Crippen LogP contribution in [-0.2, 0) is 7.05 Å². The Bertz CT molecular complexity index is 502. The molecule has 0 amide bonds. The average molecular weight is 243 g/mol. The molecule has 0 radical (unpaired) electrons. The summed E-state index contributed by atoms with van der Waals surface area (Å²) in [4.78, 5) is 4.38. The lowest BCUT2D eigenvalue weighted by molar-refractivity contribution is 0.481. The third kappa shape index (κ3) is 2.31. The van der Waals surface area contributed by atoms with Gasteiger partial charge in [-0.1, -0.05) is 37.3 Å². The van der Waals surface area contributed by atoms with Gasteiger partial charge in [-0.2, -0.15) is 0 Å². The molecule has 2 unspecified atom stereocenters. The lowest BCUT2D eigenvalue weighted by Crippen LogP contribution is -2.24. The number of likely N-dealkylation sites (N-methyl/N-ethyl adjacent to an activating group) is 1. The molecule has 0 spiro atoms. The minimum absolute atomic E-state index is 0.276. The Morgan fingerprint density at radius 3 is 2.39 bits per heavy atom. The Balaban J connectivity index is 2.32. The van der Waals surface area contributed by atoms with Crippen molar-refractivity contribution in [2.75, 3.05) is 7.05 Å². The first kappa shape index (κ1) is 12.8. The molecule has 0 saturated heterocycles. The van der Waals surface area contributed by atoms with Crippen molar-refractivity contribution in [3.8, 4) is 0 Å². The van der Waals surface area contributed by atoms with Crippen LogP contribution in [-0.4, -0.2) is 16.6 Å². The van der Waals surface area contributed by atoms with Gasteiger partial charge in [0.15, 0.2) is 0 Å². The number of nitrogens with zero attached hydrogens (tertiary/aromatic N) is 2. The number of aromatic nitrogens is 2. The van der Waals surface area contributed by atoms with Gasteiger partial charge < -0.3 is 9.88 Å². The minimum atomic E-state index is 0.276. The molecule has 0 aliphatic heterocycles. The number of benzene rings is 1. The zero-order valence-corrected chi connectivity index (χ0v) is 11.5. The van der Waals surface area contributed by atoms with Crippen LogP contribution in [0.5, 0.6) is 0 Å². The van der Waals surface area contributed by atoms with Gasteiger partial charge in [0.2, 0.25) is 0 Å². The highest BCUT2D eigenvalue weighted by atomic mass is 15.1. The SMILES string of the molecule is CNC(c1cnc(C)n1C)C(C)c1ccccc1. The van der Waals surface area contributed by atoms with Crippen molar-refractivity contribution in [1.82, 2.24) is 14.9 Å². The molecule has 3 nitrogen and oxygen atoms in total. The van der Waals surface area contributed by atoms with Crippen molar-refractivity contribution in [2.24, 2.45) is 7.05 Å². The lowest BCUT2D eigenvalue weighted by atomic mass is 9.91. The molecular weight excluding hydrogens is 222 g/mol. The van der Waals surface area contributed by atoms with Gasteiger partial charge in [0.25, 0.3) is 0 Å². The number of rotatable bonds is 4. The van der Waals surface area contributed by atoms with Crippen LogP contribution in [0, 0.1) is 6.92 Å². The average Bonchev–Trinajstić information content (AvgIpc) is 2.73. The van der Waals surface area contributed by atoms with Gasteiger partial charge in [-0.15, -0.1) is 0 Å². The molecule has 2 aromatic rings. The number of hydrogen-bond acceptors (Lipinski definition) is 2. The van der Waals surface area contributed by atoms with Crippen molar-refractivity contribution in [3.63, 3.8) is 0 Å². The summed E-state index contributed by atoms with van der Waals surface area (Å²) < 4.78 is 2.15. The lowest BCUT2D eigenvalue weighted by Gasteiger charge is -2.24. The second kappa shape index (κ2) is 5.36. The normalized spacial score (nSPS) is 14.4. The van der Waals surface area contributed by atoms with Crippen LogP contribution in [0.3, 0.4) is 0 Å². The fraction of sp³-hybridized carbons (Fsp3) is 0.400. The van der Waals surface area contributed by atoms with Crippen molar-refractivity contribution in [3.05, 3.63) is 53.6 Å². The molecule has 0 aliphatic carbocycles. The minimum Gasteiger partial charge on any atom is -0.334 e. The maximum atomic E-state index is 4.38. The molecule has 0 fully saturated rings. The third-order valence-electron chi connectivity index (χ3n) is 3.71. The first-order chi connectivity index (χ1) is 8.65. The summed E-state index contributed by atoms with van der Waals surface area (Å²) in [6.45, 7) is 4.28. The highest BCUT2D eigenvalue weighted by molar-refractivity contribution is 5.24. The monoisotopic (exact) mass is 243 g/mol. The Labute approximate surface area is 109 Å². The first-order valence-corrected chi connectivity index (χ1v) is 6.35. The fourth-order valence-electron chi connectivity index (χ4n) is 2.41. The molecule has 0 bridgehead atoms. The zero-order chi connectivity index (χ0) is 13.1. The van der Waals surface area contributed by atoms with Crippen molar-refractivity contribution in [2.45, 2.75) is 25.8 Å². The zero-order valence-electron chi connectivity index (χ0n) is 11.5. The number of hydrogen-bond donors (Lipinski definition) is 1. The molecule has 1 N–H and O–H groups in total. The van der Waals surface area contributed by atoms with Crippen LogP contribution in [0.4, 0.5) is 0 Å². The van der Waals surface area contributed by atoms with Gasteiger partial charge in [-0.25, -0.2) is 4.98 Å². The molecule has 1 heterocycles. The van der Waals surface area contributed by atoms with Gasteiger partial charge in [-0.3, -0.25) is 0 Å². The molecule has 1 aromatic carbocycles. The molecule has 3 heteroatoms. The maximum Gasteiger partial charge on any atom is 0.105 e. The highest BCUT2D eigenvalue weighted by Gasteiger charge is 2.22. The van der Waals surface area contributed by atoms with Gasteiger partial charge >= 0.3 is 0 Å². The van der Waals surface area contributed by atoms with Crippen LogP contribution in [0.25, 0.3) is 0 Å². The van der Waals surface area contributed by atoms with Crippen LogP contribution in [0.1, 0.15) is 36.0 Å². The van der Waals surface area contributed by atoms with Gasteiger partial charge in [0.05, 0.1) is 17.9 Å². The Kier molecular flexibility index (Phi) is 3.82. The van der Waals surface area contributed by atoms with E-state index in [0.29, 0.717) is 5.92 Å². The molecule has 1 aromatic heterocycles. The molecule has 18 heavy (non-hydrogen) atoms. The third-order valence-corrected chi connectivity index (χ3v) is 3.71. The summed E-state index contributed by atoms with van der Waals surface area (Å²) in [5.41, 5.74) is 2.57. The van der Waals surface area contributed by atoms with E-state index in [-0.39, 0.29) is 6.04 Å². The van der Waals surface area contributed by atoms with E-state index in [1.165, 1.54) is 11.3 Å². The smallest absolute Gasteiger partial charge is 0.105 e.